The largest absolute Gasteiger partial charge is 0.343 e. The Morgan fingerprint density at radius 3 is 1.83 bits per heavy atom. The van der Waals surface area contributed by atoms with E-state index >= 15 is 0 Å². The Kier molecular flexibility index (Phi) is 3.31. The van der Waals surface area contributed by atoms with E-state index in [1.165, 1.54) is 0 Å². The van der Waals surface area contributed by atoms with Gasteiger partial charge in [0.05, 0.1) is 0 Å². The third-order valence-corrected chi connectivity index (χ3v) is 2.08. The van der Waals surface area contributed by atoms with Crippen LogP contribution >= 0.6 is 0 Å². The Balaban J connectivity index is 4.31. The zero-order chi connectivity index (χ0) is 9.99. The molecule has 0 unspecified atom stereocenters. The Labute approximate surface area is 75.9 Å². The van der Waals surface area contributed by atoms with Crippen molar-refractivity contribution in [2.45, 2.75) is 46.6 Å². The summed E-state index contributed by atoms with van der Waals surface area (Å²) in [7, 11) is 1.83. The molecule has 0 rings (SSSR count). The number of carbonyl (C=O) groups is 1. The average molecular weight is 171 g/mol. The standard InChI is InChI=1S/C10H21NO/c1-9(2,3)7-10(4,5)11(6)8-12/h8H,7H2,1-6H3. The summed E-state index contributed by atoms with van der Waals surface area (Å²) in [4.78, 5) is 12.3. The second kappa shape index (κ2) is 3.46. The molecule has 0 bridgehead atoms. The van der Waals surface area contributed by atoms with Gasteiger partial charge in [0.1, 0.15) is 0 Å². The smallest absolute Gasteiger partial charge is 0.209 e. The molecule has 0 saturated heterocycles. The minimum atomic E-state index is -0.0417. The molecule has 0 aliphatic rings. The molecule has 0 aliphatic carbocycles. The number of hydrogen-bond donors (Lipinski definition) is 0. The van der Waals surface area contributed by atoms with Gasteiger partial charge < -0.3 is 4.90 Å². The number of rotatable bonds is 3. The van der Waals surface area contributed by atoms with Crippen LogP contribution in [-0.2, 0) is 4.79 Å². The third kappa shape index (κ3) is 3.74. The maximum Gasteiger partial charge on any atom is 0.209 e. The van der Waals surface area contributed by atoms with E-state index < -0.39 is 0 Å². The van der Waals surface area contributed by atoms with E-state index in [2.05, 4.69) is 34.6 Å². The van der Waals surface area contributed by atoms with Crippen molar-refractivity contribution in [3.05, 3.63) is 0 Å². The molecule has 2 nitrogen and oxygen atoms in total. The molecule has 0 radical (unpaired) electrons. The van der Waals surface area contributed by atoms with Crippen molar-refractivity contribution in [2.75, 3.05) is 7.05 Å². The molecule has 0 heterocycles. The quantitative estimate of drug-likeness (QED) is 0.597. The lowest BCUT2D eigenvalue weighted by Crippen LogP contribution is -2.42. The monoisotopic (exact) mass is 171 g/mol. The highest BCUT2D eigenvalue weighted by Gasteiger charge is 2.28. The van der Waals surface area contributed by atoms with Gasteiger partial charge in [0.25, 0.3) is 0 Å². The Morgan fingerprint density at radius 1 is 1.17 bits per heavy atom. The van der Waals surface area contributed by atoms with E-state index in [1.807, 2.05) is 7.05 Å². The summed E-state index contributed by atoms with van der Waals surface area (Å²) in [5.41, 5.74) is 0.223. The molecule has 0 spiro atoms. The van der Waals surface area contributed by atoms with Crippen LogP contribution < -0.4 is 0 Å². The lowest BCUT2D eigenvalue weighted by molar-refractivity contribution is -0.121. The molecule has 0 fully saturated rings. The Hall–Kier alpha value is -0.530. The van der Waals surface area contributed by atoms with Gasteiger partial charge in [-0.15, -0.1) is 0 Å². The van der Waals surface area contributed by atoms with Crippen LogP contribution in [0, 0.1) is 5.41 Å². The summed E-state index contributed by atoms with van der Waals surface area (Å²) in [6, 6.07) is 0. The fraction of sp³-hybridized carbons (Fsp3) is 0.900. The lowest BCUT2D eigenvalue weighted by atomic mass is 9.81. The van der Waals surface area contributed by atoms with Crippen LogP contribution in [0.3, 0.4) is 0 Å². The van der Waals surface area contributed by atoms with Crippen LogP contribution in [0.2, 0.25) is 0 Å². The van der Waals surface area contributed by atoms with E-state index in [0.29, 0.717) is 0 Å². The third-order valence-electron chi connectivity index (χ3n) is 2.08. The zero-order valence-electron chi connectivity index (χ0n) is 9.14. The maximum absolute atomic E-state index is 10.6. The van der Waals surface area contributed by atoms with Gasteiger partial charge >= 0.3 is 0 Å². The summed E-state index contributed by atoms with van der Waals surface area (Å²) in [5.74, 6) is 0. The van der Waals surface area contributed by atoms with E-state index in [-0.39, 0.29) is 11.0 Å². The number of amides is 1. The first-order valence-electron chi connectivity index (χ1n) is 4.37. The summed E-state index contributed by atoms with van der Waals surface area (Å²) in [6.07, 6.45) is 1.90. The van der Waals surface area contributed by atoms with Gasteiger partial charge in [0.15, 0.2) is 0 Å². The van der Waals surface area contributed by atoms with E-state index in [4.69, 9.17) is 0 Å². The highest BCUT2D eigenvalue weighted by molar-refractivity contribution is 5.48. The molecule has 1 amide bonds. The molecule has 0 saturated carbocycles. The molecular formula is C10H21NO. The highest BCUT2D eigenvalue weighted by Crippen LogP contribution is 2.29. The molecular weight excluding hydrogens is 150 g/mol. The minimum Gasteiger partial charge on any atom is -0.343 e. The first kappa shape index (κ1) is 11.5. The average Bonchev–Trinajstić information content (AvgIpc) is 1.80. The second-order valence-electron chi connectivity index (χ2n) is 5.27. The normalized spacial score (nSPS) is 12.8. The molecule has 0 aromatic rings. The van der Waals surface area contributed by atoms with Crippen LogP contribution in [0.25, 0.3) is 0 Å². The Morgan fingerprint density at radius 2 is 1.58 bits per heavy atom. The van der Waals surface area contributed by atoms with Gasteiger partial charge in [0.2, 0.25) is 6.41 Å². The van der Waals surface area contributed by atoms with Crippen LogP contribution in [0.15, 0.2) is 0 Å². The van der Waals surface area contributed by atoms with Gasteiger partial charge in [-0.25, -0.2) is 0 Å². The molecule has 72 valence electrons. The molecule has 0 N–H and O–H groups in total. The first-order valence-corrected chi connectivity index (χ1v) is 4.37. The fourth-order valence-corrected chi connectivity index (χ4v) is 1.57. The first-order chi connectivity index (χ1) is 5.19. The minimum absolute atomic E-state index is 0.0417. The summed E-state index contributed by atoms with van der Waals surface area (Å²) >= 11 is 0. The van der Waals surface area contributed by atoms with Crippen LogP contribution in [0.4, 0.5) is 0 Å². The van der Waals surface area contributed by atoms with Crippen molar-refractivity contribution in [3.63, 3.8) is 0 Å². The Bertz CT molecular complexity index is 156. The van der Waals surface area contributed by atoms with Gasteiger partial charge in [-0.2, -0.15) is 0 Å². The van der Waals surface area contributed by atoms with Crippen molar-refractivity contribution in [2.24, 2.45) is 5.41 Å². The van der Waals surface area contributed by atoms with Gasteiger partial charge in [-0.1, -0.05) is 20.8 Å². The predicted octanol–water partition coefficient (Wildman–Crippen LogP) is 2.29. The summed E-state index contributed by atoms with van der Waals surface area (Å²) in [5, 5.41) is 0. The van der Waals surface area contributed by atoms with Crippen LogP contribution in [0.1, 0.15) is 41.0 Å². The molecule has 12 heavy (non-hydrogen) atoms. The highest BCUT2D eigenvalue weighted by atomic mass is 16.1. The number of nitrogens with zero attached hydrogens (tertiary/aromatic N) is 1. The van der Waals surface area contributed by atoms with Crippen molar-refractivity contribution in [3.8, 4) is 0 Å². The van der Waals surface area contributed by atoms with Crippen molar-refractivity contribution < 1.29 is 4.79 Å². The van der Waals surface area contributed by atoms with E-state index in [1.54, 1.807) is 4.90 Å². The van der Waals surface area contributed by atoms with Crippen LogP contribution in [0.5, 0.6) is 0 Å². The van der Waals surface area contributed by atoms with Crippen molar-refractivity contribution >= 4 is 6.41 Å². The van der Waals surface area contributed by atoms with Crippen molar-refractivity contribution in [1.29, 1.82) is 0 Å². The SMILES string of the molecule is CN(C=O)C(C)(C)CC(C)(C)C. The van der Waals surface area contributed by atoms with Gasteiger partial charge in [-0.05, 0) is 25.7 Å². The van der Waals surface area contributed by atoms with Gasteiger partial charge in [-0.3, -0.25) is 4.79 Å². The topological polar surface area (TPSA) is 20.3 Å². The summed E-state index contributed by atoms with van der Waals surface area (Å²) < 4.78 is 0. The zero-order valence-corrected chi connectivity index (χ0v) is 9.14. The van der Waals surface area contributed by atoms with Crippen LogP contribution in [-0.4, -0.2) is 23.9 Å². The molecule has 0 aliphatic heterocycles. The lowest BCUT2D eigenvalue weighted by Gasteiger charge is -2.38. The predicted molar refractivity (Wildman–Crippen MR) is 52.0 cm³/mol. The molecule has 2 heteroatoms. The van der Waals surface area contributed by atoms with E-state index in [9.17, 15) is 4.79 Å². The molecule has 0 aromatic heterocycles. The van der Waals surface area contributed by atoms with Gasteiger partial charge in [0, 0.05) is 12.6 Å². The summed E-state index contributed by atoms with van der Waals surface area (Å²) in [6.45, 7) is 10.7. The maximum atomic E-state index is 10.6. The number of carbonyl (C=O) groups excluding carboxylic acids is 1. The second-order valence-corrected chi connectivity index (χ2v) is 5.27. The molecule has 0 aromatic carbocycles. The van der Waals surface area contributed by atoms with Crippen molar-refractivity contribution in [1.82, 2.24) is 4.90 Å². The van der Waals surface area contributed by atoms with E-state index in [0.717, 1.165) is 12.8 Å². The number of hydrogen-bond acceptors (Lipinski definition) is 1. The molecule has 0 atom stereocenters. The fourth-order valence-electron chi connectivity index (χ4n) is 1.57.